The van der Waals surface area contributed by atoms with Crippen LogP contribution < -0.4 is 9.46 Å². The largest absolute Gasteiger partial charge is 0.494 e. The number of methoxy groups -OCH3 is 2. The summed E-state index contributed by atoms with van der Waals surface area (Å²) in [5, 5.41) is 0. The number of carbonyl (C=O) groups is 1. The van der Waals surface area contributed by atoms with Crippen molar-refractivity contribution in [2.75, 3.05) is 14.2 Å². The van der Waals surface area contributed by atoms with Crippen molar-refractivity contribution in [3.05, 3.63) is 82.7 Å². The minimum Gasteiger partial charge on any atom is -0.494 e. The summed E-state index contributed by atoms with van der Waals surface area (Å²) in [6.45, 7) is 3.63. The molecule has 7 nitrogen and oxygen atoms in total. The first-order chi connectivity index (χ1) is 16.5. The van der Waals surface area contributed by atoms with E-state index >= 15 is 0 Å². The number of aromatic nitrogens is 1. The van der Waals surface area contributed by atoms with Gasteiger partial charge in [-0.2, -0.15) is 0 Å². The van der Waals surface area contributed by atoms with Crippen LogP contribution in [0.1, 0.15) is 52.2 Å². The zero-order valence-corrected chi connectivity index (χ0v) is 20.5. The number of amides is 1. The second-order valence-electron chi connectivity index (χ2n) is 7.97. The zero-order chi connectivity index (χ0) is 25.8. The number of rotatable bonds is 9. The van der Waals surface area contributed by atoms with Crippen LogP contribution in [0, 0.1) is 6.92 Å². The molecule has 35 heavy (non-hydrogen) atoms. The van der Waals surface area contributed by atoms with E-state index in [1.165, 1.54) is 13.2 Å². The van der Waals surface area contributed by atoms with Crippen LogP contribution in [-0.2, 0) is 20.5 Å². The van der Waals surface area contributed by atoms with Gasteiger partial charge in [0.25, 0.3) is 12.3 Å². The van der Waals surface area contributed by atoms with Gasteiger partial charge in [0.15, 0.2) is 0 Å². The van der Waals surface area contributed by atoms with Crippen LogP contribution in [0.4, 0.5) is 8.78 Å². The molecule has 3 aromatic rings. The van der Waals surface area contributed by atoms with Crippen LogP contribution in [-0.4, -0.2) is 33.5 Å². The van der Waals surface area contributed by atoms with Crippen LogP contribution in [0.5, 0.6) is 5.75 Å². The molecule has 0 bridgehead atoms. The van der Waals surface area contributed by atoms with Crippen molar-refractivity contribution in [1.29, 1.82) is 0 Å². The SMILES string of the molecule is COc1cnc(C(F)F)cc1-c1cc(C)ccc1C(=O)NS(=O)(=O)Cc1ccc([C@@H](C)OC)cc1. The first-order valence-electron chi connectivity index (χ1n) is 10.6. The predicted octanol–water partition coefficient (Wildman–Crippen LogP) is 4.97. The van der Waals surface area contributed by atoms with E-state index in [1.807, 2.05) is 6.92 Å². The molecular formula is C25H26F2N2O5S. The summed E-state index contributed by atoms with van der Waals surface area (Å²) in [5.41, 5.74) is 2.06. The highest BCUT2D eigenvalue weighted by atomic mass is 32.2. The predicted molar refractivity (Wildman–Crippen MR) is 128 cm³/mol. The third-order valence-corrected chi connectivity index (χ3v) is 6.66. The maximum absolute atomic E-state index is 13.3. The second-order valence-corrected chi connectivity index (χ2v) is 9.69. The average Bonchev–Trinajstić information content (AvgIpc) is 2.82. The number of alkyl halides is 2. The van der Waals surface area contributed by atoms with Crippen LogP contribution in [0.2, 0.25) is 0 Å². The summed E-state index contributed by atoms with van der Waals surface area (Å²) in [6.07, 6.45) is -1.83. The summed E-state index contributed by atoms with van der Waals surface area (Å²) in [4.78, 5) is 16.7. The Balaban J connectivity index is 1.91. The Hall–Kier alpha value is -3.37. The monoisotopic (exact) mass is 504 g/mol. The lowest BCUT2D eigenvalue weighted by Crippen LogP contribution is -2.32. The van der Waals surface area contributed by atoms with Crippen molar-refractivity contribution < 1.29 is 31.5 Å². The van der Waals surface area contributed by atoms with Gasteiger partial charge >= 0.3 is 0 Å². The van der Waals surface area contributed by atoms with Crippen molar-refractivity contribution in [3.8, 4) is 16.9 Å². The minimum absolute atomic E-state index is 0.00633. The maximum atomic E-state index is 13.3. The Kier molecular flexibility index (Phi) is 8.18. The van der Waals surface area contributed by atoms with Gasteiger partial charge in [0, 0.05) is 18.2 Å². The number of nitrogens with one attached hydrogen (secondary N) is 1. The smallest absolute Gasteiger partial charge is 0.280 e. The molecule has 1 amide bonds. The summed E-state index contributed by atoms with van der Waals surface area (Å²) >= 11 is 0. The lowest BCUT2D eigenvalue weighted by Gasteiger charge is -2.15. The number of nitrogens with zero attached hydrogens (tertiary/aromatic N) is 1. The molecular weight excluding hydrogens is 478 g/mol. The number of ether oxygens (including phenoxy) is 2. The van der Waals surface area contributed by atoms with Crippen LogP contribution in [0.15, 0.2) is 54.7 Å². The molecule has 0 fully saturated rings. The van der Waals surface area contributed by atoms with Crippen molar-refractivity contribution >= 4 is 15.9 Å². The summed E-state index contributed by atoms with van der Waals surface area (Å²) in [7, 11) is -1.14. The van der Waals surface area contributed by atoms with Gasteiger partial charge in [-0.25, -0.2) is 21.9 Å². The van der Waals surface area contributed by atoms with Gasteiger partial charge in [-0.1, -0.05) is 42.0 Å². The Labute approximate surface area is 203 Å². The van der Waals surface area contributed by atoms with Crippen LogP contribution in [0.3, 0.4) is 0 Å². The highest BCUT2D eigenvalue weighted by Crippen LogP contribution is 2.35. The van der Waals surface area contributed by atoms with E-state index in [2.05, 4.69) is 9.71 Å². The van der Waals surface area contributed by atoms with E-state index in [4.69, 9.17) is 9.47 Å². The van der Waals surface area contributed by atoms with E-state index in [-0.39, 0.29) is 28.5 Å². The molecule has 0 spiro atoms. The lowest BCUT2D eigenvalue weighted by atomic mass is 9.96. The molecule has 0 saturated heterocycles. The summed E-state index contributed by atoms with van der Waals surface area (Å²) in [6, 6.07) is 12.6. The summed E-state index contributed by atoms with van der Waals surface area (Å²) in [5.74, 6) is -1.14. The van der Waals surface area contributed by atoms with Gasteiger partial charge in [0.1, 0.15) is 11.4 Å². The molecule has 186 valence electrons. The molecule has 0 radical (unpaired) electrons. The minimum atomic E-state index is -4.06. The molecule has 1 heterocycles. The number of hydrogen-bond donors (Lipinski definition) is 1. The number of sulfonamides is 1. The fourth-order valence-electron chi connectivity index (χ4n) is 3.50. The number of hydrogen-bond acceptors (Lipinski definition) is 6. The van der Waals surface area contributed by atoms with E-state index in [1.54, 1.807) is 50.4 Å². The van der Waals surface area contributed by atoms with Gasteiger partial charge in [-0.3, -0.25) is 9.78 Å². The fraction of sp³-hybridized carbons (Fsp3) is 0.280. The van der Waals surface area contributed by atoms with Crippen molar-refractivity contribution in [2.45, 2.75) is 32.1 Å². The molecule has 1 aromatic heterocycles. The Morgan fingerprint density at radius 1 is 1.06 bits per heavy atom. The maximum Gasteiger partial charge on any atom is 0.280 e. The van der Waals surface area contributed by atoms with Crippen LogP contribution >= 0.6 is 0 Å². The normalized spacial score (nSPS) is 12.4. The first-order valence-corrected chi connectivity index (χ1v) is 12.3. The van der Waals surface area contributed by atoms with Gasteiger partial charge < -0.3 is 9.47 Å². The third-order valence-electron chi connectivity index (χ3n) is 5.45. The number of benzene rings is 2. The van der Waals surface area contributed by atoms with Gasteiger partial charge in [-0.05, 0) is 42.7 Å². The van der Waals surface area contributed by atoms with E-state index in [0.717, 1.165) is 23.4 Å². The number of aryl methyl sites for hydroxylation is 1. The second kappa shape index (κ2) is 10.9. The van der Waals surface area contributed by atoms with E-state index < -0.39 is 33.8 Å². The van der Waals surface area contributed by atoms with Crippen LogP contribution in [0.25, 0.3) is 11.1 Å². The molecule has 0 aliphatic heterocycles. The number of pyridine rings is 1. The Morgan fingerprint density at radius 2 is 1.74 bits per heavy atom. The van der Waals surface area contributed by atoms with Gasteiger partial charge in [-0.15, -0.1) is 0 Å². The highest BCUT2D eigenvalue weighted by Gasteiger charge is 2.23. The van der Waals surface area contributed by atoms with Crippen molar-refractivity contribution in [1.82, 2.24) is 9.71 Å². The van der Waals surface area contributed by atoms with Gasteiger partial charge in [0.05, 0.1) is 25.2 Å². The van der Waals surface area contributed by atoms with Crippen molar-refractivity contribution in [2.24, 2.45) is 0 Å². The molecule has 0 aliphatic rings. The standard InChI is InChI=1S/C25H26F2N2O5S/c1-15-5-10-19(20(11-15)21-12-22(24(26)27)28-13-23(21)34-4)25(30)29-35(31,32)14-17-6-8-18(9-7-17)16(2)33-3/h5-13,16,24H,14H2,1-4H3,(H,29,30)/t16-/m1/s1. The molecule has 1 N–H and O–H groups in total. The van der Waals surface area contributed by atoms with Gasteiger partial charge in [0.2, 0.25) is 10.0 Å². The van der Waals surface area contributed by atoms with Crippen molar-refractivity contribution in [3.63, 3.8) is 0 Å². The average molecular weight is 505 g/mol. The van der Waals surface area contributed by atoms with E-state index in [0.29, 0.717) is 5.56 Å². The molecule has 2 aromatic carbocycles. The number of halogens is 2. The van der Waals surface area contributed by atoms with E-state index in [9.17, 15) is 22.0 Å². The number of carbonyl (C=O) groups excluding carboxylic acids is 1. The molecule has 0 saturated carbocycles. The molecule has 3 rings (SSSR count). The third kappa shape index (κ3) is 6.40. The zero-order valence-electron chi connectivity index (χ0n) is 19.7. The first kappa shape index (κ1) is 26.2. The molecule has 0 aliphatic carbocycles. The lowest BCUT2D eigenvalue weighted by molar-refractivity contribution is 0.0982. The molecule has 1 atom stereocenters. The summed E-state index contributed by atoms with van der Waals surface area (Å²) < 4.78 is 64.6. The Morgan fingerprint density at radius 3 is 2.34 bits per heavy atom. The Bertz CT molecular complexity index is 1310. The molecule has 0 unspecified atom stereocenters. The quantitative estimate of drug-likeness (QED) is 0.442. The topological polar surface area (TPSA) is 94.6 Å². The fourth-order valence-corrected chi connectivity index (χ4v) is 4.60. The molecule has 10 heteroatoms. The highest BCUT2D eigenvalue weighted by molar-refractivity contribution is 7.89.